The molecule has 0 bridgehead atoms. The summed E-state index contributed by atoms with van der Waals surface area (Å²) >= 11 is 1.77. The summed E-state index contributed by atoms with van der Waals surface area (Å²) in [4.78, 5) is 3.91. The average Bonchev–Trinajstić information content (AvgIpc) is 1.30. The van der Waals surface area contributed by atoms with Gasteiger partial charge in [0.15, 0.2) is 0 Å². The van der Waals surface area contributed by atoms with Crippen molar-refractivity contribution in [2.24, 2.45) is 4.99 Å². The maximum absolute atomic E-state index is 3.91. The molecule has 1 unspecified atom stereocenters. The summed E-state index contributed by atoms with van der Waals surface area (Å²) in [6.07, 6.45) is 0. The molecule has 1 aliphatic rings. The highest BCUT2D eigenvalue weighted by Gasteiger charge is 2.01. The topological polar surface area (TPSA) is 12.4 Å². The molecule has 0 spiro atoms. The lowest BCUT2D eigenvalue weighted by Crippen LogP contribution is -1.98. The van der Waals surface area contributed by atoms with Crippen molar-refractivity contribution in [2.75, 3.05) is 0 Å². The van der Waals surface area contributed by atoms with Gasteiger partial charge in [-0.05, 0) is 6.92 Å². The predicted octanol–water partition coefficient (Wildman–Crippen LogP) is 1.11. The van der Waals surface area contributed by atoms with E-state index in [1.807, 2.05) is 5.55 Å². The number of nitrogens with zero attached hydrogens (tertiary/aromatic N) is 1. The smallest absolute Gasteiger partial charge is 0.0984 e. The van der Waals surface area contributed by atoms with E-state index in [2.05, 4.69) is 11.9 Å². The summed E-state index contributed by atoms with van der Waals surface area (Å²) in [5.74, 6) is 0. The van der Waals surface area contributed by atoms with Gasteiger partial charge in [-0.15, -0.1) is 0 Å². The Hall–Kier alpha value is 0.0200. The third-order valence-electron chi connectivity index (χ3n) is 0.529. The van der Waals surface area contributed by atoms with E-state index in [0.717, 1.165) is 0 Å². The number of rotatable bonds is 0. The van der Waals surface area contributed by atoms with Crippen molar-refractivity contribution in [1.29, 1.82) is 0 Å². The Morgan fingerprint density at radius 2 is 2.40 bits per heavy atom. The highest BCUT2D eigenvalue weighted by Crippen LogP contribution is 2.16. The third-order valence-corrected chi connectivity index (χ3v) is 1.29. The molecule has 1 rings (SSSR count). The maximum Gasteiger partial charge on any atom is 0.0984 e. The number of aliphatic imine (C=N–C) groups is 1. The summed E-state index contributed by atoms with van der Waals surface area (Å²) in [6.45, 7) is 2.07. The predicted molar refractivity (Wildman–Crippen MR) is 25.5 cm³/mol. The first-order valence-electron chi connectivity index (χ1n) is 1.57. The zero-order chi connectivity index (χ0) is 3.70. The summed E-state index contributed by atoms with van der Waals surface area (Å²) in [7, 11) is 0. The minimum atomic E-state index is 0.551. The Labute approximate surface area is 35.5 Å². The second-order valence-corrected chi connectivity index (χ2v) is 2.16. The number of thioether (sulfide) groups is 1. The number of hydrogen-bond acceptors (Lipinski definition) is 2. The van der Waals surface area contributed by atoms with Gasteiger partial charge >= 0.3 is 0 Å². The summed E-state index contributed by atoms with van der Waals surface area (Å²) in [5.41, 5.74) is 1.87. The summed E-state index contributed by atoms with van der Waals surface area (Å²) < 4.78 is 0. The molecule has 1 aliphatic heterocycles. The molecule has 0 aromatic carbocycles. The van der Waals surface area contributed by atoms with Crippen LogP contribution in [0.15, 0.2) is 4.99 Å². The van der Waals surface area contributed by atoms with Gasteiger partial charge in [-0.25, -0.2) is 0 Å². The molecule has 28 valence electrons. The highest BCUT2D eigenvalue weighted by atomic mass is 32.2. The monoisotopic (exact) mass is 87.0 g/mol. The quantitative estimate of drug-likeness (QED) is 0.431. The molecule has 1 atom stereocenters. The number of hydrogen-bond donors (Lipinski definition) is 0. The first kappa shape index (κ1) is 3.22. The standard InChI is InChI=1S/C3H5NS/c1-3-4-2-5-3/h2-3H,1H3. The van der Waals surface area contributed by atoms with Crippen LogP contribution in [0.3, 0.4) is 0 Å². The van der Waals surface area contributed by atoms with E-state index in [0.29, 0.717) is 5.37 Å². The molecule has 0 saturated heterocycles. The highest BCUT2D eigenvalue weighted by molar-refractivity contribution is 8.13. The van der Waals surface area contributed by atoms with Crippen molar-refractivity contribution in [1.82, 2.24) is 0 Å². The normalized spacial score (nSPS) is 33.4. The fraction of sp³-hybridized carbons (Fsp3) is 0.667. The maximum atomic E-state index is 3.91. The van der Waals surface area contributed by atoms with Gasteiger partial charge in [-0.3, -0.25) is 4.99 Å². The third kappa shape index (κ3) is 0.453. The van der Waals surface area contributed by atoms with Gasteiger partial charge in [0.25, 0.3) is 0 Å². The van der Waals surface area contributed by atoms with E-state index in [1.165, 1.54) is 0 Å². The molecule has 0 aromatic rings. The van der Waals surface area contributed by atoms with Gasteiger partial charge in [-0.1, -0.05) is 11.8 Å². The molecular formula is C3H5NS. The van der Waals surface area contributed by atoms with Crippen LogP contribution in [0.1, 0.15) is 6.92 Å². The van der Waals surface area contributed by atoms with Crippen molar-refractivity contribution >= 4 is 17.3 Å². The minimum absolute atomic E-state index is 0.551. The van der Waals surface area contributed by atoms with Gasteiger partial charge in [0.1, 0.15) is 0 Å². The fourth-order valence-corrected chi connectivity index (χ4v) is 0.548. The summed E-state index contributed by atoms with van der Waals surface area (Å²) in [6, 6.07) is 0. The van der Waals surface area contributed by atoms with Crippen molar-refractivity contribution < 1.29 is 0 Å². The van der Waals surface area contributed by atoms with Crippen molar-refractivity contribution in [3.8, 4) is 0 Å². The second kappa shape index (κ2) is 1.01. The zero-order valence-corrected chi connectivity index (χ0v) is 3.83. The molecule has 0 N–H and O–H groups in total. The Balaban J connectivity index is 2.39. The van der Waals surface area contributed by atoms with Crippen LogP contribution in [-0.4, -0.2) is 10.9 Å². The molecule has 1 nitrogen and oxygen atoms in total. The molecule has 1 heterocycles. The Morgan fingerprint density at radius 3 is 2.40 bits per heavy atom. The molecule has 2 heteroatoms. The second-order valence-electron chi connectivity index (χ2n) is 0.990. The zero-order valence-electron chi connectivity index (χ0n) is 3.01. The van der Waals surface area contributed by atoms with Crippen molar-refractivity contribution in [3.05, 3.63) is 0 Å². The van der Waals surface area contributed by atoms with E-state index < -0.39 is 0 Å². The summed E-state index contributed by atoms with van der Waals surface area (Å²) in [5, 5.41) is 0.551. The SMILES string of the molecule is CC1N=CS1. The molecule has 0 amide bonds. The Morgan fingerprint density at radius 1 is 2.00 bits per heavy atom. The van der Waals surface area contributed by atoms with E-state index in [9.17, 15) is 0 Å². The largest absolute Gasteiger partial charge is 0.272 e. The van der Waals surface area contributed by atoms with Crippen LogP contribution in [0, 0.1) is 0 Å². The fourth-order valence-electron chi connectivity index (χ4n) is 0.183. The van der Waals surface area contributed by atoms with Crippen LogP contribution in [-0.2, 0) is 0 Å². The Bertz CT molecular complexity index is 59.9. The van der Waals surface area contributed by atoms with Gasteiger partial charge in [-0.2, -0.15) is 0 Å². The van der Waals surface area contributed by atoms with Crippen LogP contribution in [0.25, 0.3) is 0 Å². The van der Waals surface area contributed by atoms with Crippen molar-refractivity contribution in [2.45, 2.75) is 12.3 Å². The molecule has 0 aliphatic carbocycles. The van der Waals surface area contributed by atoms with Gasteiger partial charge in [0, 0.05) is 0 Å². The Kier molecular flexibility index (Phi) is 0.651. The van der Waals surface area contributed by atoms with E-state index in [-0.39, 0.29) is 0 Å². The molecule has 0 aromatic heterocycles. The van der Waals surface area contributed by atoms with Crippen molar-refractivity contribution in [3.63, 3.8) is 0 Å². The van der Waals surface area contributed by atoms with E-state index >= 15 is 0 Å². The van der Waals surface area contributed by atoms with Crippen LogP contribution < -0.4 is 0 Å². The minimum Gasteiger partial charge on any atom is -0.272 e. The van der Waals surface area contributed by atoms with Crippen LogP contribution >= 0.6 is 11.8 Å². The van der Waals surface area contributed by atoms with Crippen LogP contribution in [0.2, 0.25) is 0 Å². The van der Waals surface area contributed by atoms with Gasteiger partial charge in [0.05, 0.1) is 10.9 Å². The lowest BCUT2D eigenvalue weighted by Gasteiger charge is -2.06. The first-order chi connectivity index (χ1) is 2.39. The van der Waals surface area contributed by atoms with Crippen LogP contribution in [0.5, 0.6) is 0 Å². The lowest BCUT2D eigenvalue weighted by molar-refractivity contribution is 1.04. The average molecular weight is 87.1 g/mol. The molecule has 0 saturated carbocycles. The van der Waals surface area contributed by atoms with E-state index in [1.54, 1.807) is 11.8 Å². The lowest BCUT2D eigenvalue weighted by atomic mass is 10.8. The van der Waals surface area contributed by atoms with Crippen LogP contribution in [0.4, 0.5) is 0 Å². The molecule has 5 heavy (non-hydrogen) atoms. The van der Waals surface area contributed by atoms with Gasteiger partial charge in [0.2, 0.25) is 0 Å². The van der Waals surface area contributed by atoms with E-state index in [4.69, 9.17) is 0 Å². The molecule has 0 radical (unpaired) electrons. The first-order valence-corrected chi connectivity index (χ1v) is 2.51. The molecule has 0 fully saturated rings. The molecular weight excluding hydrogens is 82.1 g/mol. The van der Waals surface area contributed by atoms with Gasteiger partial charge < -0.3 is 0 Å².